The largest absolute Gasteiger partial charge is 0.494 e. The highest BCUT2D eigenvalue weighted by Gasteiger charge is 2.31. The fourth-order valence-corrected chi connectivity index (χ4v) is 8.19. The van der Waals surface area contributed by atoms with Crippen LogP contribution in [0.2, 0.25) is 0 Å². The molecule has 0 bridgehead atoms. The quantitative estimate of drug-likeness (QED) is 0.0528. The second-order valence-corrected chi connectivity index (χ2v) is 25.9. The summed E-state index contributed by atoms with van der Waals surface area (Å²) >= 11 is 0. The van der Waals surface area contributed by atoms with Crippen molar-refractivity contribution in [3.05, 3.63) is 161 Å². The molecule has 0 amide bonds. The third-order valence-electron chi connectivity index (χ3n) is 14.3. The van der Waals surface area contributed by atoms with Gasteiger partial charge < -0.3 is 9.84 Å². The molecular formula is C74H117F3N14O2. The van der Waals surface area contributed by atoms with Crippen LogP contribution in [0, 0.1) is 6.92 Å². The summed E-state index contributed by atoms with van der Waals surface area (Å²) in [6.45, 7) is 40.9. The maximum Gasteiger partial charge on any atom is 0.419 e. The molecule has 0 aliphatic heterocycles. The van der Waals surface area contributed by atoms with E-state index >= 15 is 0 Å². The number of rotatable bonds is 25. The van der Waals surface area contributed by atoms with E-state index in [0.717, 1.165) is 77.9 Å². The predicted molar refractivity (Wildman–Crippen MR) is 373 cm³/mol. The fraction of sp³-hybridized carbons (Fsp3) is 0.622. The van der Waals surface area contributed by atoms with E-state index < -0.39 is 17.3 Å². The van der Waals surface area contributed by atoms with E-state index in [1.54, 1.807) is 58.1 Å². The smallest absolute Gasteiger partial charge is 0.419 e. The molecule has 0 fully saturated rings. The van der Waals surface area contributed by atoms with E-state index in [9.17, 15) is 18.3 Å². The van der Waals surface area contributed by atoms with Gasteiger partial charge in [0.15, 0.2) is 5.75 Å². The van der Waals surface area contributed by atoms with Crippen molar-refractivity contribution < 1.29 is 23.0 Å². The zero-order valence-electron chi connectivity index (χ0n) is 60.7. The average molecular weight is 1290 g/mol. The van der Waals surface area contributed by atoms with Gasteiger partial charge in [-0.2, -0.15) is 13.2 Å². The van der Waals surface area contributed by atoms with Crippen LogP contribution in [-0.2, 0) is 31.0 Å². The number of aromatic nitrogens is 14. The molecule has 1 N–H and O–H groups in total. The highest BCUT2D eigenvalue weighted by molar-refractivity contribution is 5.17. The molecule has 7 aromatic heterocycles. The van der Waals surface area contributed by atoms with E-state index in [0.29, 0.717) is 47.1 Å². The Kier molecular flexibility index (Phi) is 42.6. The van der Waals surface area contributed by atoms with Crippen molar-refractivity contribution in [2.75, 3.05) is 7.11 Å². The molecule has 0 radical (unpaired) electrons. The second kappa shape index (κ2) is 47.1. The summed E-state index contributed by atoms with van der Waals surface area (Å²) < 4.78 is 41.0. The van der Waals surface area contributed by atoms with Gasteiger partial charge in [-0.15, -0.1) is 0 Å². The number of ether oxygens (including phenoxy) is 1. The normalized spacial score (nSPS) is 11.1. The number of nitrogens with zero attached hydrogens (tertiary/aromatic N) is 14. The van der Waals surface area contributed by atoms with Crippen LogP contribution in [0.1, 0.15) is 331 Å². The molecular weight excluding hydrogens is 1170 g/mol. The van der Waals surface area contributed by atoms with Crippen LogP contribution in [0.5, 0.6) is 5.75 Å². The van der Waals surface area contributed by atoms with E-state index in [1.165, 1.54) is 100 Å². The summed E-state index contributed by atoms with van der Waals surface area (Å²) in [4.78, 5) is 58.3. The molecule has 0 spiro atoms. The van der Waals surface area contributed by atoms with Crippen molar-refractivity contribution in [1.82, 2.24) is 69.8 Å². The lowest BCUT2D eigenvalue weighted by Crippen LogP contribution is -2.16. The number of methoxy groups -OCH3 is 1. The highest BCUT2D eigenvalue weighted by atomic mass is 19.4. The molecule has 7 aromatic rings. The van der Waals surface area contributed by atoms with Gasteiger partial charge in [0.05, 0.1) is 30.7 Å². The number of unbranched alkanes of at least 4 members (excludes halogenated alkanes) is 11. The Bertz CT molecular complexity index is 2880. The van der Waals surface area contributed by atoms with E-state index in [2.05, 4.69) is 160 Å². The first kappa shape index (κ1) is 84.1. The Balaban J connectivity index is 0.000000548. The van der Waals surface area contributed by atoms with Crippen molar-refractivity contribution in [3.63, 3.8) is 0 Å². The summed E-state index contributed by atoms with van der Waals surface area (Å²) in [5.74, 6) is 9.04. The lowest BCUT2D eigenvalue weighted by molar-refractivity contribution is -0.138. The Hall–Kier alpha value is -6.89. The van der Waals surface area contributed by atoms with Crippen molar-refractivity contribution >= 4 is 0 Å². The molecule has 7 heterocycles. The molecule has 19 heteroatoms. The summed E-state index contributed by atoms with van der Waals surface area (Å²) in [7, 11) is 1.60. The Morgan fingerprint density at radius 3 is 0.957 bits per heavy atom. The first-order valence-corrected chi connectivity index (χ1v) is 34.0. The van der Waals surface area contributed by atoms with Crippen LogP contribution >= 0.6 is 0 Å². The monoisotopic (exact) mass is 1290 g/mol. The summed E-state index contributed by atoms with van der Waals surface area (Å²) in [5.41, 5.74) is 4.02. The molecule has 0 unspecified atom stereocenters. The molecule has 0 saturated heterocycles. The van der Waals surface area contributed by atoms with Crippen LogP contribution in [0.15, 0.2) is 86.6 Å². The molecule has 93 heavy (non-hydrogen) atoms. The molecule has 0 aromatic carbocycles. The number of aryl methyl sites for hydroxylation is 4. The van der Waals surface area contributed by atoms with E-state index in [-0.39, 0.29) is 5.92 Å². The fourth-order valence-electron chi connectivity index (χ4n) is 8.19. The van der Waals surface area contributed by atoms with Gasteiger partial charge in [-0.05, 0) is 75.6 Å². The Labute approximate surface area is 558 Å². The van der Waals surface area contributed by atoms with Gasteiger partial charge in [-0.1, -0.05) is 188 Å². The lowest BCUT2D eigenvalue weighted by Gasteiger charge is -2.16. The van der Waals surface area contributed by atoms with Crippen molar-refractivity contribution in [2.24, 2.45) is 0 Å². The van der Waals surface area contributed by atoms with Gasteiger partial charge in [0.25, 0.3) is 0 Å². The first-order valence-electron chi connectivity index (χ1n) is 34.0. The zero-order chi connectivity index (χ0) is 69.9. The van der Waals surface area contributed by atoms with E-state index in [1.807, 2.05) is 71.7 Å². The number of hydrogen-bond acceptors (Lipinski definition) is 16. The third-order valence-corrected chi connectivity index (χ3v) is 14.3. The predicted octanol–water partition coefficient (Wildman–Crippen LogP) is 19.5. The van der Waals surface area contributed by atoms with Crippen molar-refractivity contribution in [2.45, 2.75) is 294 Å². The van der Waals surface area contributed by atoms with Gasteiger partial charge in [0.1, 0.15) is 40.8 Å². The van der Waals surface area contributed by atoms with Crippen LogP contribution in [0.3, 0.4) is 0 Å². The molecule has 7 rings (SSSR count). The minimum absolute atomic E-state index is 0.0438. The van der Waals surface area contributed by atoms with Crippen LogP contribution in [0.25, 0.3) is 0 Å². The van der Waals surface area contributed by atoms with Gasteiger partial charge in [0.2, 0.25) is 0 Å². The number of halogens is 3. The van der Waals surface area contributed by atoms with Crippen LogP contribution < -0.4 is 4.74 Å². The highest BCUT2D eigenvalue weighted by Crippen LogP contribution is 2.28. The van der Waals surface area contributed by atoms with Crippen LogP contribution in [-0.4, -0.2) is 82.0 Å². The van der Waals surface area contributed by atoms with Gasteiger partial charge in [0, 0.05) is 121 Å². The molecule has 516 valence electrons. The molecule has 0 atom stereocenters. The van der Waals surface area contributed by atoms with Crippen molar-refractivity contribution in [1.29, 1.82) is 0 Å². The van der Waals surface area contributed by atoms with E-state index in [4.69, 9.17) is 4.74 Å². The first-order chi connectivity index (χ1) is 44.0. The minimum atomic E-state index is -4.35. The zero-order valence-corrected chi connectivity index (χ0v) is 60.7. The number of aliphatic hydroxyl groups is 1. The summed E-state index contributed by atoms with van der Waals surface area (Å²) in [5, 5.41) is 9.64. The van der Waals surface area contributed by atoms with Gasteiger partial charge in [-0.25, -0.2) is 69.8 Å². The van der Waals surface area contributed by atoms with Crippen LogP contribution in [0.4, 0.5) is 13.2 Å². The maximum absolute atomic E-state index is 12.0. The Morgan fingerprint density at radius 2 is 0.677 bits per heavy atom. The summed E-state index contributed by atoms with van der Waals surface area (Å²) in [6, 6.07) is 1.83. The molecule has 0 aliphatic carbocycles. The maximum atomic E-state index is 12.0. The summed E-state index contributed by atoms with van der Waals surface area (Å²) in [6.07, 6.45) is 38.4. The lowest BCUT2D eigenvalue weighted by atomic mass is 10.0. The minimum Gasteiger partial charge on any atom is -0.494 e. The third kappa shape index (κ3) is 37.6. The number of hydrogen-bond donors (Lipinski definition) is 1. The van der Waals surface area contributed by atoms with Gasteiger partial charge in [-0.3, -0.25) is 0 Å². The standard InChI is InChI=1S/C17H30N2.C14H24N2.C10H16N2O.C10H16N2.C8H9F3N2.C8H12N2O.C7H10N2/c1-4-5-6-7-8-9-10-11-12-16-13-18-17(15(2)3)19-14-16;1-4-5-6-7-8-9-13-10-15-14(12(2)3)16-11-13;1-7(2)9-11-5-8(6-12-9)10(3,4)13;1-5-9-6-11-10(7(2)3)12-8(9)4;1-5(2)7-12-3-6(4-13-7)8(9,10)11;1-6(2)8-9-4-7(11-3)5-10-8;1-6(2)7-8-4-3-5-9-7/h13-15H,4-12H2,1-3H3;10-12H,4-9H2,1-3H3;5-7,13H,1-4H3;6-7H,5H2,1-4H3;3-5H,1-2H3;4-6H,1-3H3;3-6H,1-2H3. The molecule has 0 aliphatic rings. The molecule has 16 nitrogen and oxygen atoms in total. The van der Waals surface area contributed by atoms with Gasteiger partial charge >= 0.3 is 6.18 Å². The molecule has 0 saturated carbocycles. The SMILES string of the molecule is CC(C)c1ncc(C(C)(C)O)cn1.CC(C)c1ncc(C(F)(F)F)cn1.CC(C)c1ncccn1.CCCCCCCCCCc1cnc(C(C)C)nc1.CCCCCCCc1cnc(C(C)C)nc1.CCc1cnc(C(C)C)nc1C.COc1cnc(C(C)C)nc1. The average Bonchev–Trinajstić information content (AvgIpc) is 1.07. The Morgan fingerprint density at radius 1 is 0.387 bits per heavy atom. The second-order valence-electron chi connectivity index (χ2n) is 25.9. The number of alkyl halides is 3. The van der Waals surface area contributed by atoms with Crippen molar-refractivity contribution in [3.8, 4) is 5.75 Å². The topological polar surface area (TPSA) is 210 Å².